The van der Waals surface area contributed by atoms with Crippen LogP contribution in [-0.2, 0) is 4.79 Å². The Labute approximate surface area is 122 Å². The van der Waals surface area contributed by atoms with Crippen LogP contribution in [0.1, 0.15) is 0 Å². The monoisotopic (exact) mass is 290 g/mol. The maximum absolute atomic E-state index is 12.1. The van der Waals surface area contributed by atoms with E-state index in [2.05, 4.69) is 10.2 Å². The Morgan fingerprint density at radius 2 is 1.76 bits per heavy atom. The zero-order chi connectivity index (χ0) is 14.8. The quantitative estimate of drug-likeness (QED) is 0.646. The van der Waals surface area contributed by atoms with Gasteiger partial charge in [0.2, 0.25) is 5.91 Å². The van der Waals surface area contributed by atoms with E-state index in [1.165, 1.54) is 12.1 Å². The van der Waals surface area contributed by atoms with E-state index in [0.717, 1.165) is 31.9 Å². The average Bonchev–Trinajstić information content (AvgIpc) is 2.46. The predicted molar refractivity (Wildman–Crippen MR) is 78.2 cm³/mol. The van der Waals surface area contributed by atoms with Crippen molar-refractivity contribution in [1.82, 2.24) is 10.2 Å². The predicted octanol–water partition coefficient (Wildman–Crippen LogP) is 0.463. The Balaban J connectivity index is 1.57. The van der Waals surface area contributed by atoms with E-state index >= 15 is 0 Å². The first-order valence-corrected chi connectivity index (χ1v) is 7.14. The third-order valence-corrected chi connectivity index (χ3v) is 4.15. The van der Waals surface area contributed by atoms with Crippen LogP contribution in [0.5, 0.6) is 0 Å². The molecular weight excluding hydrogens is 272 g/mol. The molecule has 0 aliphatic carbocycles. The summed E-state index contributed by atoms with van der Waals surface area (Å²) in [5, 5.41) is 13.8. The third-order valence-electron chi connectivity index (χ3n) is 4.15. The van der Waals surface area contributed by atoms with Gasteiger partial charge in [-0.25, -0.2) is 0 Å². The van der Waals surface area contributed by atoms with Gasteiger partial charge in [0.25, 0.3) is 5.69 Å². The minimum Gasteiger partial charge on any atom is -0.368 e. The van der Waals surface area contributed by atoms with Gasteiger partial charge in [0.05, 0.1) is 10.8 Å². The highest BCUT2D eigenvalue weighted by atomic mass is 16.6. The summed E-state index contributed by atoms with van der Waals surface area (Å²) in [6, 6.07) is 6.58. The van der Waals surface area contributed by atoms with E-state index in [0.29, 0.717) is 13.1 Å². The van der Waals surface area contributed by atoms with Crippen LogP contribution in [0.15, 0.2) is 24.3 Å². The third kappa shape index (κ3) is 2.82. The van der Waals surface area contributed by atoms with Gasteiger partial charge < -0.3 is 15.1 Å². The number of hydrogen-bond donors (Lipinski definition) is 1. The SMILES string of the molecule is O=C(C1CNC1)N1CCN(c2ccc([N+](=O)[O-])cc2)CC1. The maximum Gasteiger partial charge on any atom is 0.269 e. The van der Waals surface area contributed by atoms with E-state index in [-0.39, 0.29) is 17.5 Å². The van der Waals surface area contributed by atoms with Crippen LogP contribution in [0, 0.1) is 16.0 Å². The van der Waals surface area contributed by atoms with Crippen LogP contribution in [0.3, 0.4) is 0 Å². The highest BCUT2D eigenvalue weighted by molar-refractivity contribution is 5.80. The lowest BCUT2D eigenvalue weighted by molar-refractivity contribution is -0.384. The molecule has 7 nitrogen and oxygen atoms in total. The number of piperazine rings is 1. The number of nitro groups is 1. The normalized spacial score (nSPS) is 19.2. The Morgan fingerprint density at radius 3 is 2.24 bits per heavy atom. The van der Waals surface area contributed by atoms with Gasteiger partial charge in [-0.1, -0.05) is 0 Å². The fourth-order valence-electron chi connectivity index (χ4n) is 2.69. The van der Waals surface area contributed by atoms with Gasteiger partial charge in [0.15, 0.2) is 0 Å². The lowest BCUT2D eigenvalue weighted by atomic mass is 10.0. The highest BCUT2D eigenvalue weighted by Gasteiger charge is 2.31. The molecule has 0 bridgehead atoms. The van der Waals surface area contributed by atoms with Crippen LogP contribution in [0.25, 0.3) is 0 Å². The molecule has 0 atom stereocenters. The molecular formula is C14H18N4O3. The second-order valence-electron chi connectivity index (χ2n) is 5.44. The summed E-state index contributed by atoms with van der Waals surface area (Å²) >= 11 is 0. The second-order valence-corrected chi connectivity index (χ2v) is 5.44. The van der Waals surface area contributed by atoms with E-state index in [1.54, 1.807) is 12.1 Å². The summed E-state index contributed by atoms with van der Waals surface area (Å²) < 4.78 is 0. The van der Waals surface area contributed by atoms with E-state index in [9.17, 15) is 14.9 Å². The highest BCUT2D eigenvalue weighted by Crippen LogP contribution is 2.21. The minimum absolute atomic E-state index is 0.102. The zero-order valence-electron chi connectivity index (χ0n) is 11.7. The van der Waals surface area contributed by atoms with Crippen LogP contribution in [0.4, 0.5) is 11.4 Å². The number of amides is 1. The number of rotatable bonds is 3. The fraction of sp³-hybridized carbons (Fsp3) is 0.500. The Hall–Kier alpha value is -2.15. The topological polar surface area (TPSA) is 78.7 Å². The van der Waals surface area contributed by atoms with Crippen molar-refractivity contribution < 1.29 is 9.72 Å². The lowest BCUT2D eigenvalue weighted by Gasteiger charge is -2.39. The molecule has 7 heteroatoms. The number of carbonyl (C=O) groups excluding carboxylic acids is 1. The molecule has 2 aliphatic rings. The van der Waals surface area contributed by atoms with Gasteiger partial charge in [-0.05, 0) is 12.1 Å². The molecule has 2 aliphatic heterocycles. The molecule has 21 heavy (non-hydrogen) atoms. The second kappa shape index (κ2) is 5.69. The van der Waals surface area contributed by atoms with Crippen LogP contribution in [0.2, 0.25) is 0 Å². The minimum atomic E-state index is -0.396. The number of non-ortho nitro benzene ring substituents is 1. The summed E-state index contributed by atoms with van der Waals surface area (Å²) in [6.07, 6.45) is 0. The first kappa shape index (κ1) is 13.8. The molecule has 2 fully saturated rings. The van der Waals surface area contributed by atoms with Crippen molar-refractivity contribution in [2.75, 3.05) is 44.2 Å². The number of nitro benzene ring substituents is 1. The zero-order valence-corrected chi connectivity index (χ0v) is 11.7. The van der Waals surface area contributed by atoms with Crippen molar-refractivity contribution >= 4 is 17.3 Å². The van der Waals surface area contributed by atoms with Crippen LogP contribution in [-0.4, -0.2) is 55.0 Å². The number of anilines is 1. The number of hydrogen-bond acceptors (Lipinski definition) is 5. The average molecular weight is 290 g/mol. The maximum atomic E-state index is 12.1. The molecule has 0 unspecified atom stereocenters. The Morgan fingerprint density at radius 1 is 1.14 bits per heavy atom. The van der Waals surface area contributed by atoms with Gasteiger partial charge in [-0.2, -0.15) is 0 Å². The van der Waals surface area contributed by atoms with E-state index < -0.39 is 4.92 Å². The Bertz CT molecular complexity index is 534. The molecule has 1 aromatic rings. The standard InChI is InChI=1S/C14H18N4O3/c19-14(11-9-15-10-11)17-7-5-16(6-8-17)12-1-3-13(4-2-12)18(20)21/h1-4,11,15H,5-10H2. The molecule has 1 amide bonds. The van der Waals surface area contributed by atoms with Gasteiger partial charge in [-0.15, -0.1) is 0 Å². The fourth-order valence-corrected chi connectivity index (χ4v) is 2.69. The number of benzene rings is 1. The van der Waals surface area contributed by atoms with Crippen molar-refractivity contribution in [3.05, 3.63) is 34.4 Å². The summed E-state index contributed by atoms with van der Waals surface area (Å²) in [4.78, 5) is 26.5. The summed E-state index contributed by atoms with van der Waals surface area (Å²) in [6.45, 7) is 4.55. The van der Waals surface area contributed by atoms with Gasteiger partial charge >= 0.3 is 0 Å². The number of nitrogens with zero attached hydrogens (tertiary/aromatic N) is 3. The number of carbonyl (C=O) groups is 1. The lowest BCUT2D eigenvalue weighted by Crippen LogP contribution is -2.56. The molecule has 0 saturated carbocycles. The van der Waals surface area contributed by atoms with Crippen molar-refractivity contribution in [3.8, 4) is 0 Å². The smallest absolute Gasteiger partial charge is 0.269 e. The molecule has 1 N–H and O–H groups in total. The van der Waals surface area contributed by atoms with Crippen molar-refractivity contribution in [1.29, 1.82) is 0 Å². The molecule has 0 spiro atoms. The summed E-state index contributed by atoms with van der Waals surface area (Å²) in [5.74, 6) is 0.396. The molecule has 2 saturated heterocycles. The molecule has 3 rings (SSSR count). The molecule has 112 valence electrons. The van der Waals surface area contributed by atoms with Crippen molar-refractivity contribution in [3.63, 3.8) is 0 Å². The van der Waals surface area contributed by atoms with Gasteiger partial charge in [-0.3, -0.25) is 14.9 Å². The molecule has 0 radical (unpaired) electrons. The van der Waals surface area contributed by atoms with E-state index in [1.807, 2.05) is 4.90 Å². The summed E-state index contributed by atoms with van der Waals surface area (Å²) in [5.41, 5.74) is 1.07. The summed E-state index contributed by atoms with van der Waals surface area (Å²) in [7, 11) is 0. The van der Waals surface area contributed by atoms with E-state index in [4.69, 9.17) is 0 Å². The first-order chi connectivity index (χ1) is 10.1. The number of nitrogens with one attached hydrogen (secondary N) is 1. The van der Waals surface area contributed by atoms with Crippen molar-refractivity contribution in [2.24, 2.45) is 5.92 Å². The van der Waals surface area contributed by atoms with Gasteiger partial charge in [0.1, 0.15) is 0 Å². The Kier molecular flexibility index (Phi) is 3.74. The molecule has 2 heterocycles. The van der Waals surface area contributed by atoms with Gasteiger partial charge in [0, 0.05) is 57.1 Å². The van der Waals surface area contributed by atoms with Crippen LogP contribution >= 0.6 is 0 Å². The van der Waals surface area contributed by atoms with Crippen LogP contribution < -0.4 is 10.2 Å². The first-order valence-electron chi connectivity index (χ1n) is 7.14. The largest absolute Gasteiger partial charge is 0.368 e. The molecule has 0 aromatic heterocycles. The molecule has 1 aromatic carbocycles. The van der Waals surface area contributed by atoms with Crippen molar-refractivity contribution in [2.45, 2.75) is 0 Å².